The summed E-state index contributed by atoms with van der Waals surface area (Å²) in [4.78, 5) is 30.0. The van der Waals surface area contributed by atoms with Crippen molar-refractivity contribution in [2.24, 2.45) is 0 Å². The summed E-state index contributed by atoms with van der Waals surface area (Å²) < 4.78 is 9.41. The van der Waals surface area contributed by atoms with Crippen molar-refractivity contribution in [3.63, 3.8) is 0 Å². The number of nitrogens with zero attached hydrogens (tertiary/aromatic N) is 4. The lowest BCUT2D eigenvalue weighted by Crippen LogP contribution is -2.16. The Hall–Kier alpha value is -4.04. The Balaban J connectivity index is 1.46. The molecule has 5 rings (SSSR count). The number of esters is 1. The van der Waals surface area contributed by atoms with Gasteiger partial charge in [-0.3, -0.25) is 9.20 Å². The fourth-order valence-corrected chi connectivity index (χ4v) is 3.92. The van der Waals surface area contributed by atoms with Crippen LogP contribution in [-0.4, -0.2) is 25.1 Å². The maximum absolute atomic E-state index is 13.1. The van der Waals surface area contributed by atoms with Crippen molar-refractivity contribution >= 4 is 27.5 Å². The third kappa shape index (κ3) is 4.40. The number of benzene rings is 2. The first-order valence-corrected chi connectivity index (χ1v) is 11.3. The highest BCUT2D eigenvalue weighted by Gasteiger charge is 2.20. The Kier molecular flexibility index (Phi) is 5.81. The van der Waals surface area contributed by atoms with E-state index in [-0.39, 0.29) is 12.2 Å². The quantitative estimate of drug-likeness (QED) is 0.309. The molecule has 5 aromatic rings. The number of fused-ring (bicyclic) bond motifs is 1. The van der Waals surface area contributed by atoms with E-state index in [0.717, 1.165) is 21.3 Å². The molecule has 0 N–H and O–H groups in total. The monoisotopic (exact) mass is 514 g/mol. The summed E-state index contributed by atoms with van der Waals surface area (Å²) in [5, 5.41) is 4.66. The summed E-state index contributed by atoms with van der Waals surface area (Å²) in [6.45, 7) is 1.86. The molecule has 2 aromatic carbocycles. The summed E-state index contributed by atoms with van der Waals surface area (Å²) in [7, 11) is 0. The molecule has 34 heavy (non-hydrogen) atoms. The first kappa shape index (κ1) is 21.8. The van der Waals surface area contributed by atoms with Crippen LogP contribution in [-0.2, 0) is 11.3 Å². The van der Waals surface area contributed by atoms with Crippen molar-refractivity contribution in [3.05, 3.63) is 117 Å². The van der Waals surface area contributed by atoms with Gasteiger partial charge >= 0.3 is 5.97 Å². The van der Waals surface area contributed by atoms with E-state index < -0.39 is 5.97 Å². The van der Waals surface area contributed by atoms with Crippen molar-refractivity contribution in [1.82, 2.24) is 19.2 Å². The van der Waals surface area contributed by atoms with Gasteiger partial charge in [0.1, 0.15) is 23.5 Å². The van der Waals surface area contributed by atoms with Gasteiger partial charge in [0.05, 0.1) is 11.4 Å². The standard InChI is InChI=1S/C26H19BrN4O3/c1-17-7-9-18(10-8-17)25-22(15-31(29-25)21-5-3-2-4-6-21)26(33)34-16-20-13-24(32)30-14-19(27)11-12-23(30)28-20/h2-15H,16H2,1H3. The second kappa shape index (κ2) is 9.07. The molecule has 3 aromatic heterocycles. The smallest absolute Gasteiger partial charge is 0.342 e. The van der Waals surface area contributed by atoms with E-state index in [0.29, 0.717) is 22.6 Å². The zero-order valence-electron chi connectivity index (χ0n) is 18.2. The molecule has 0 unspecified atom stereocenters. The van der Waals surface area contributed by atoms with Gasteiger partial charge in [0.25, 0.3) is 5.56 Å². The van der Waals surface area contributed by atoms with Crippen molar-refractivity contribution < 1.29 is 9.53 Å². The number of carbonyl (C=O) groups excluding carboxylic acids is 1. The van der Waals surface area contributed by atoms with Crippen molar-refractivity contribution in [2.75, 3.05) is 0 Å². The normalized spacial score (nSPS) is 11.0. The number of hydrogen-bond donors (Lipinski definition) is 0. The number of aryl methyl sites for hydroxylation is 1. The third-order valence-electron chi connectivity index (χ3n) is 5.31. The molecule has 0 radical (unpaired) electrons. The topological polar surface area (TPSA) is 78.5 Å². The fourth-order valence-electron chi connectivity index (χ4n) is 3.58. The predicted octanol–water partition coefficient (Wildman–Crippen LogP) is 4.98. The van der Waals surface area contributed by atoms with E-state index in [1.807, 2.05) is 61.5 Å². The molecule has 7 nitrogen and oxygen atoms in total. The van der Waals surface area contributed by atoms with Gasteiger partial charge in [-0.2, -0.15) is 5.10 Å². The lowest BCUT2D eigenvalue weighted by molar-refractivity contribution is 0.0468. The molecule has 168 valence electrons. The zero-order valence-corrected chi connectivity index (χ0v) is 19.8. The first-order chi connectivity index (χ1) is 16.5. The average molecular weight is 515 g/mol. The van der Waals surface area contributed by atoms with Crippen LogP contribution in [0, 0.1) is 6.92 Å². The Morgan fingerprint density at radius 2 is 1.76 bits per heavy atom. The van der Waals surface area contributed by atoms with Gasteiger partial charge in [-0.05, 0) is 47.1 Å². The number of halogens is 1. The minimum Gasteiger partial charge on any atom is -0.455 e. The Labute approximate surface area is 203 Å². The van der Waals surface area contributed by atoms with E-state index in [4.69, 9.17) is 4.74 Å². The lowest BCUT2D eigenvalue weighted by Gasteiger charge is -2.07. The number of para-hydroxylation sites is 1. The molecule has 0 amide bonds. The van der Waals surface area contributed by atoms with E-state index in [1.54, 1.807) is 29.2 Å². The van der Waals surface area contributed by atoms with Crippen LogP contribution in [0.2, 0.25) is 0 Å². The highest BCUT2D eigenvalue weighted by molar-refractivity contribution is 9.10. The minimum atomic E-state index is -0.546. The fraction of sp³-hybridized carbons (Fsp3) is 0.0769. The van der Waals surface area contributed by atoms with Crippen LogP contribution >= 0.6 is 15.9 Å². The van der Waals surface area contributed by atoms with Crippen molar-refractivity contribution in [3.8, 4) is 16.9 Å². The first-order valence-electron chi connectivity index (χ1n) is 10.5. The summed E-state index contributed by atoms with van der Waals surface area (Å²) in [5.41, 5.74) is 4.17. The molecule has 0 aliphatic rings. The average Bonchev–Trinajstić information content (AvgIpc) is 3.30. The maximum atomic E-state index is 13.1. The van der Waals surface area contributed by atoms with E-state index in [9.17, 15) is 9.59 Å². The van der Waals surface area contributed by atoms with Gasteiger partial charge in [-0.1, -0.05) is 48.0 Å². The Bertz CT molecular complexity index is 1560. The molecule has 3 heterocycles. The molecular weight excluding hydrogens is 496 g/mol. The van der Waals surface area contributed by atoms with E-state index >= 15 is 0 Å². The zero-order chi connectivity index (χ0) is 23.7. The number of pyridine rings is 1. The molecule has 8 heteroatoms. The summed E-state index contributed by atoms with van der Waals surface area (Å²) in [6, 6.07) is 22.2. The number of ether oxygens (including phenoxy) is 1. The number of carbonyl (C=O) groups is 1. The van der Waals surface area contributed by atoms with Gasteiger partial charge < -0.3 is 4.74 Å². The van der Waals surface area contributed by atoms with E-state index in [2.05, 4.69) is 26.0 Å². The summed E-state index contributed by atoms with van der Waals surface area (Å²) in [5.74, 6) is -0.546. The van der Waals surface area contributed by atoms with Crippen LogP contribution in [0.1, 0.15) is 21.6 Å². The summed E-state index contributed by atoms with van der Waals surface area (Å²) >= 11 is 3.34. The molecule has 0 saturated heterocycles. The van der Waals surface area contributed by atoms with Gasteiger partial charge in [-0.15, -0.1) is 0 Å². The van der Waals surface area contributed by atoms with E-state index in [1.165, 1.54) is 10.5 Å². The molecule has 0 bridgehead atoms. The molecule has 0 fully saturated rings. The van der Waals surface area contributed by atoms with Crippen molar-refractivity contribution in [2.45, 2.75) is 13.5 Å². The summed E-state index contributed by atoms with van der Waals surface area (Å²) in [6.07, 6.45) is 3.30. The van der Waals surface area contributed by atoms with Gasteiger partial charge in [0.2, 0.25) is 0 Å². The van der Waals surface area contributed by atoms with Crippen LogP contribution in [0.15, 0.2) is 94.5 Å². The number of rotatable bonds is 5. The van der Waals surface area contributed by atoms with Gasteiger partial charge in [0, 0.05) is 28.5 Å². The third-order valence-corrected chi connectivity index (χ3v) is 5.78. The van der Waals surface area contributed by atoms with Gasteiger partial charge in [-0.25, -0.2) is 14.5 Å². The highest BCUT2D eigenvalue weighted by Crippen LogP contribution is 2.25. The second-order valence-corrected chi connectivity index (χ2v) is 8.69. The minimum absolute atomic E-state index is 0.134. The highest BCUT2D eigenvalue weighted by atomic mass is 79.9. The molecule has 0 saturated carbocycles. The van der Waals surface area contributed by atoms with Crippen LogP contribution in [0.5, 0.6) is 0 Å². The molecule has 0 atom stereocenters. The Morgan fingerprint density at radius 3 is 2.53 bits per heavy atom. The lowest BCUT2D eigenvalue weighted by atomic mass is 10.1. The Morgan fingerprint density at radius 1 is 1.00 bits per heavy atom. The number of hydrogen-bond acceptors (Lipinski definition) is 5. The van der Waals surface area contributed by atoms with Crippen LogP contribution in [0.25, 0.3) is 22.6 Å². The van der Waals surface area contributed by atoms with Crippen LogP contribution in [0.4, 0.5) is 0 Å². The SMILES string of the molecule is Cc1ccc(-c2nn(-c3ccccc3)cc2C(=O)OCc2cc(=O)n3cc(Br)ccc3n2)cc1. The maximum Gasteiger partial charge on any atom is 0.342 e. The number of aromatic nitrogens is 4. The molecule has 0 aliphatic carbocycles. The van der Waals surface area contributed by atoms with Gasteiger partial charge in [0.15, 0.2) is 0 Å². The second-order valence-electron chi connectivity index (χ2n) is 7.77. The molecule has 0 aliphatic heterocycles. The molecular formula is C26H19BrN4O3. The predicted molar refractivity (Wildman–Crippen MR) is 132 cm³/mol. The largest absolute Gasteiger partial charge is 0.455 e. The van der Waals surface area contributed by atoms with Crippen molar-refractivity contribution in [1.29, 1.82) is 0 Å². The molecule has 0 spiro atoms. The van der Waals surface area contributed by atoms with Crippen LogP contribution < -0.4 is 5.56 Å². The van der Waals surface area contributed by atoms with Crippen LogP contribution in [0.3, 0.4) is 0 Å².